The van der Waals surface area contributed by atoms with Gasteiger partial charge in [-0.05, 0) is 68.4 Å². The summed E-state index contributed by atoms with van der Waals surface area (Å²) in [5.41, 5.74) is 3.59. The van der Waals surface area contributed by atoms with Crippen LogP contribution in [-0.2, 0) is 0 Å². The number of benzene rings is 1. The first-order valence-corrected chi connectivity index (χ1v) is 12.9. The summed E-state index contributed by atoms with van der Waals surface area (Å²) in [7, 11) is 0. The standard InChI is InChI=1S/C28H31N5O3/c1-17-14-24-21(25-22(27(35)31-24)16-30-33(25)19-6-2-3-7-19)15-20(17)28(36)32-12-9-18(10-13-32)26(34)23-8-4-5-11-29-23/h4-5,8,11,14-16,18-19,26,34H,2-3,6-7,9-10,12-13H2,1H3,(H,31,35). The predicted molar refractivity (Wildman–Crippen MR) is 138 cm³/mol. The second-order valence-corrected chi connectivity index (χ2v) is 10.3. The molecule has 8 heteroatoms. The van der Waals surface area contributed by atoms with Gasteiger partial charge < -0.3 is 15.0 Å². The third kappa shape index (κ3) is 3.89. The Balaban J connectivity index is 1.30. The van der Waals surface area contributed by atoms with E-state index in [1.165, 1.54) is 12.8 Å². The molecule has 1 saturated carbocycles. The maximum absolute atomic E-state index is 13.6. The van der Waals surface area contributed by atoms with E-state index in [1.54, 1.807) is 12.4 Å². The van der Waals surface area contributed by atoms with Crippen molar-refractivity contribution in [3.63, 3.8) is 0 Å². The van der Waals surface area contributed by atoms with Gasteiger partial charge in [0.15, 0.2) is 0 Å². The summed E-state index contributed by atoms with van der Waals surface area (Å²) in [6, 6.07) is 9.71. The van der Waals surface area contributed by atoms with Crippen LogP contribution >= 0.6 is 0 Å². The summed E-state index contributed by atoms with van der Waals surface area (Å²) in [6.07, 6.45) is 8.64. The van der Waals surface area contributed by atoms with Gasteiger partial charge in [-0.25, -0.2) is 0 Å². The number of aliphatic hydroxyl groups excluding tert-OH is 1. The number of aryl methyl sites for hydroxylation is 1. The van der Waals surface area contributed by atoms with Crippen LogP contribution in [0.1, 0.15) is 72.3 Å². The Morgan fingerprint density at radius 1 is 1.11 bits per heavy atom. The zero-order valence-corrected chi connectivity index (χ0v) is 20.5. The number of aromatic nitrogens is 4. The monoisotopic (exact) mass is 485 g/mol. The molecule has 2 aliphatic rings. The molecule has 4 heterocycles. The van der Waals surface area contributed by atoms with Crippen molar-refractivity contribution in [2.45, 2.75) is 57.6 Å². The lowest BCUT2D eigenvalue weighted by molar-refractivity contribution is 0.0447. The molecule has 8 nitrogen and oxygen atoms in total. The van der Waals surface area contributed by atoms with Crippen LogP contribution in [0.3, 0.4) is 0 Å². The molecule has 3 aromatic heterocycles. The van der Waals surface area contributed by atoms with Crippen molar-refractivity contribution in [3.8, 4) is 0 Å². The molecule has 1 saturated heterocycles. The number of rotatable bonds is 4. The number of H-pyrrole nitrogens is 1. The number of amides is 1. The molecule has 36 heavy (non-hydrogen) atoms. The van der Waals surface area contributed by atoms with Gasteiger partial charge in [0.25, 0.3) is 11.5 Å². The van der Waals surface area contributed by atoms with E-state index in [0.717, 1.165) is 47.7 Å². The second-order valence-electron chi connectivity index (χ2n) is 10.3. The van der Waals surface area contributed by atoms with Crippen LogP contribution in [0.15, 0.2) is 47.5 Å². The Hall–Kier alpha value is -3.52. The van der Waals surface area contributed by atoms with Crippen LogP contribution in [0, 0.1) is 12.8 Å². The smallest absolute Gasteiger partial charge is 0.259 e. The minimum Gasteiger partial charge on any atom is -0.387 e. The number of hydrogen-bond acceptors (Lipinski definition) is 5. The van der Waals surface area contributed by atoms with Gasteiger partial charge in [-0.2, -0.15) is 5.10 Å². The SMILES string of the molecule is Cc1cc2[nH]c(=O)c3cnn(C4CCCC4)c3c2cc1C(=O)N1CCC(C(O)c2ccccn2)CC1. The van der Waals surface area contributed by atoms with Gasteiger partial charge in [0.05, 0.1) is 40.5 Å². The zero-order chi connectivity index (χ0) is 24.8. The number of nitrogens with one attached hydrogen (secondary N) is 1. The van der Waals surface area contributed by atoms with Crippen LogP contribution in [0.2, 0.25) is 0 Å². The Labute approximate surface area is 209 Å². The van der Waals surface area contributed by atoms with Gasteiger partial charge in [0.2, 0.25) is 0 Å². The lowest BCUT2D eigenvalue weighted by Gasteiger charge is -2.34. The van der Waals surface area contributed by atoms with E-state index < -0.39 is 6.10 Å². The summed E-state index contributed by atoms with van der Waals surface area (Å²) < 4.78 is 2.01. The molecule has 2 N–H and O–H groups in total. The normalized spacial score (nSPS) is 18.3. The van der Waals surface area contributed by atoms with E-state index in [9.17, 15) is 14.7 Å². The maximum Gasteiger partial charge on any atom is 0.259 e. The van der Waals surface area contributed by atoms with Crippen LogP contribution < -0.4 is 5.56 Å². The molecule has 1 atom stereocenters. The van der Waals surface area contributed by atoms with Crippen molar-refractivity contribution in [2.24, 2.45) is 5.92 Å². The van der Waals surface area contributed by atoms with Gasteiger partial charge in [0.1, 0.15) is 0 Å². The highest BCUT2D eigenvalue weighted by Gasteiger charge is 2.30. The zero-order valence-electron chi connectivity index (χ0n) is 20.5. The van der Waals surface area contributed by atoms with Gasteiger partial charge in [-0.1, -0.05) is 18.9 Å². The number of aliphatic hydroxyl groups is 1. The van der Waals surface area contributed by atoms with E-state index in [-0.39, 0.29) is 23.4 Å². The number of piperidine rings is 1. The summed E-state index contributed by atoms with van der Waals surface area (Å²) in [4.78, 5) is 35.6. The molecule has 6 rings (SSSR count). The minimum atomic E-state index is -0.619. The van der Waals surface area contributed by atoms with Gasteiger partial charge in [-0.15, -0.1) is 0 Å². The molecule has 1 amide bonds. The molecular formula is C28H31N5O3. The number of hydrogen-bond donors (Lipinski definition) is 2. The fourth-order valence-electron chi connectivity index (χ4n) is 6.03. The van der Waals surface area contributed by atoms with E-state index in [4.69, 9.17) is 0 Å². The highest BCUT2D eigenvalue weighted by molar-refractivity contribution is 6.07. The molecular weight excluding hydrogens is 454 g/mol. The summed E-state index contributed by atoms with van der Waals surface area (Å²) >= 11 is 0. The molecule has 0 bridgehead atoms. The quantitative estimate of drug-likeness (QED) is 0.449. The van der Waals surface area contributed by atoms with Crippen molar-refractivity contribution in [1.82, 2.24) is 24.6 Å². The van der Waals surface area contributed by atoms with Crippen LogP contribution in [0.25, 0.3) is 21.8 Å². The lowest BCUT2D eigenvalue weighted by atomic mass is 9.89. The molecule has 0 spiro atoms. The van der Waals surface area contributed by atoms with Crippen molar-refractivity contribution >= 4 is 27.7 Å². The first-order valence-electron chi connectivity index (χ1n) is 12.9. The van der Waals surface area contributed by atoms with Gasteiger partial charge >= 0.3 is 0 Å². The third-order valence-corrected chi connectivity index (χ3v) is 8.07. The molecule has 186 valence electrons. The molecule has 1 unspecified atom stereocenters. The molecule has 2 fully saturated rings. The largest absolute Gasteiger partial charge is 0.387 e. The Morgan fingerprint density at radius 3 is 2.61 bits per heavy atom. The van der Waals surface area contributed by atoms with Crippen molar-refractivity contribution in [3.05, 3.63) is 69.9 Å². The Morgan fingerprint density at radius 2 is 1.89 bits per heavy atom. The number of likely N-dealkylation sites (tertiary alicyclic amines) is 1. The number of nitrogens with zero attached hydrogens (tertiary/aromatic N) is 4. The van der Waals surface area contributed by atoms with Crippen LogP contribution in [0.4, 0.5) is 0 Å². The first kappa shape index (κ1) is 22.9. The summed E-state index contributed by atoms with van der Waals surface area (Å²) in [6.45, 7) is 3.10. The topological polar surface area (TPSA) is 104 Å². The first-order chi connectivity index (χ1) is 17.5. The third-order valence-electron chi connectivity index (χ3n) is 8.07. The van der Waals surface area contributed by atoms with E-state index in [1.807, 2.05) is 46.8 Å². The van der Waals surface area contributed by atoms with Gasteiger partial charge in [0, 0.05) is 30.2 Å². The summed E-state index contributed by atoms with van der Waals surface area (Å²) in [5.74, 6) is 0.0681. The number of aromatic amines is 1. The van der Waals surface area contributed by atoms with Gasteiger partial charge in [-0.3, -0.25) is 19.3 Å². The molecule has 1 aliphatic carbocycles. The van der Waals surface area contributed by atoms with Crippen LogP contribution in [-0.4, -0.2) is 48.8 Å². The average Bonchev–Trinajstić information content (AvgIpc) is 3.59. The molecule has 4 aromatic rings. The van der Waals surface area contributed by atoms with E-state index >= 15 is 0 Å². The Kier molecular flexibility index (Phi) is 5.84. The molecule has 0 radical (unpaired) electrons. The number of fused-ring (bicyclic) bond motifs is 3. The van der Waals surface area contributed by atoms with Crippen molar-refractivity contribution in [2.75, 3.05) is 13.1 Å². The lowest BCUT2D eigenvalue weighted by Crippen LogP contribution is -2.40. The van der Waals surface area contributed by atoms with Crippen molar-refractivity contribution < 1.29 is 9.90 Å². The fraction of sp³-hybridized carbons (Fsp3) is 0.429. The fourth-order valence-corrected chi connectivity index (χ4v) is 6.03. The molecule has 1 aliphatic heterocycles. The predicted octanol–water partition coefficient (Wildman–Crippen LogP) is 4.28. The van der Waals surface area contributed by atoms with E-state index in [2.05, 4.69) is 15.1 Å². The maximum atomic E-state index is 13.6. The van der Waals surface area contributed by atoms with Crippen molar-refractivity contribution in [1.29, 1.82) is 0 Å². The highest BCUT2D eigenvalue weighted by atomic mass is 16.3. The summed E-state index contributed by atoms with van der Waals surface area (Å²) in [5, 5.41) is 16.8. The minimum absolute atomic E-state index is 0.00791. The number of pyridine rings is 2. The second kappa shape index (κ2) is 9.17. The average molecular weight is 486 g/mol. The molecule has 1 aromatic carbocycles. The Bertz CT molecular complexity index is 1480. The highest BCUT2D eigenvalue weighted by Crippen LogP contribution is 2.35. The number of carbonyl (C=O) groups is 1. The van der Waals surface area contributed by atoms with Crippen LogP contribution in [0.5, 0.6) is 0 Å². The number of carbonyl (C=O) groups excluding carboxylic acids is 1. The van der Waals surface area contributed by atoms with E-state index in [0.29, 0.717) is 29.7 Å².